The summed E-state index contributed by atoms with van der Waals surface area (Å²) in [4.78, 5) is 8.50. The summed E-state index contributed by atoms with van der Waals surface area (Å²) in [6.07, 6.45) is 5.65. The van der Waals surface area contributed by atoms with Crippen LogP contribution in [0.25, 0.3) is 0 Å². The van der Waals surface area contributed by atoms with Gasteiger partial charge < -0.3 is 9.88 Å². The third-order valence-corrected chi connectivity index (χ3v) is 3.67. The van der Waals surface area contributed by atoms with Crippen LogP contribution in [0, 0.1) is 0 Å². The van der Waals surface area contributed by atoms with Crippen molar-refractivity contribution in [2.75, 3.05) is 0 Å². The standard InChI is InChI=1S/C12H18N4S/c1-9(2)16-8-13-6-11(16)7-15-10(3)12-14-4-5-17-12/h4-6,8-10,15H,7H2,1-3H3. The molecule has 0 aliphatic heterocycles. The maximum absolute atomic E-state index is 4.31. The van der Waals surface area contributed by atoms with Gasteiger partial charge in [-0.05, 0) is 20.8 Å². The Kier molecular flexibility index (Phi) is 3.91. The number of rotatable bonds is 5. The normalized spacial score (nSPS) is 13.2. The Hall–Kier alpha value is -1.20. The van der Waals surface area contributed by atoms with E-state index in [0.29, 0.717) is 6.04 Å². The molecule has 1 N–H and O–H groups in total. The first-order valence-electron chi connectivity index (χ1n) is 5.82. The van der Waals surface area contributed by atoms with Crippen molar-refractivity contribution >= 4 is 11.3 Å². The Morgan fingerprint density at radius 2 is 2.24 bits per heavy atom. The minimum Gasteiger partial charge on any atom is -0.331 e. The maximum Gasteiger partial charge on any atom is 0.109 e. The van der Waals surface area contributed by atoms with E-state index >= 15 is 0 Å². The number of hydrogen-bond donors (Lipinski definition) is 1. The summed E-state index contributed by atoms with van der Waals surface area (Å²) in [5, 5.41) is 6.60. The van der Waals surface area contributed by atoms with E-state index in [9.17, 15) is 0 Å². The van der Waals surface area contributed by atoms with Gasteiger partial charge in [0.05, 0.1) is 18.1 Å². The lowest BCUT2D eigenvalue weighted by Crippen LogP contribution is -2.20. The van der Waals surface area contributed by atoms with Crippen molar-refractivity contribution in [1.82, 2.24) is 19.9 Å². The smallest absolute Gasteiger partial charge is 0.109 e. The van der Waals surface area contributed by atoms with Gasteiger partial charge in [-0.15, -0.1) is 11.3 Å². The SMILES string of the molecule is CC(NCc1cncn1C(C)C)c1nccs1. The predicted octanol–water partition coefficient (Wildman–Crippen LogP) is 2.77. The summed E-state index contributed by atoms with van der Waals surface area (Å²) >= 11 is 1.68. The van der Waals surface area contributed by atoms with Gasteiger partial charge in [-0.2, -0.15) is 0 Å². The van der Waals surface area contributed by atoms with Crippen molar-refractivity contribution in [3.05, 3.63) is 34.8 Å². The average Bonchev–Trinajstić information content (AvgIpc) is 2.96. The number of aromatic nitrogens is 3. The highest BCUT2D eigenvalue weighted by molar-refractivity contribution is 7.09. The average molecular weight is 250 g/mol. The van der Waals surface area contributed by atoms with Crippen LogP contribution in [0.4, 0.5) is 0 Å². The van der Waals surface area contributed by atoms with Crippen molar-refractivity contribution in [3.8, 4) is 0 Å². The summed E-state index contributed by atoms with van der Waals surface area (Å²) in [5.74, 6) is 0. The van der Waals surface area contributed by atoms with Crippen LogP contribution in [0.3, 0.4) is 0 Å². The largest absolute Gasteiger partial charge is 0.331 e. The molecule has 2 aromatic heterocycles. The zero-order chi connectivity index (χ0) is 12.3. The van der Waals surface area contributed by atoms with E-state index < -0.39 is 0 Å². The molecule has 0 aliphatic rings. The number of imidazole rings is 1. The predicted molar refractivity (Wildman–Crippen MR) is 70.0 cm³/mol. The number of nitrogens with one attached hydrogen (secondary N) is 1. The Labute approximate surface area is 106 Å². The molecule has 2 rings (SSSR count). The Bertz CT molecular complexity index is 447. The van der Waals surface area contributed by atoms with Crippen molar-refractivity contribution in [3.63, 3.8) is 0 Å². The van der Waals surface area contributed by atoms with Crippen LogP contribution < -0.4 is 5.32 Å². The van der Waals surface area contributed by atoms with Crippen LogP contribution in [-0.4, -0.2) is 14.5 Å². The molecule has 1 unspecified atom stereocenters. The quantitative estimate of drug-likeness (QED) is 0.887. The summed E-state index contributed by atoms with van der Waals surface area (Å²) < 4.78 is 2.18. The molecule has 0 saturated heterocycles. The second kappa shape index (κ2) is 5.42. The highest BCUT2D eigenvalue weighted by Crippen LogP contribution is 2.16. The van der Waals surface area contributed by atoms with E-state index in [2.05, 4.69) is 40.6 Å². The minimum atomic E-state index is 0.283. The maximum atomic E-state index is 4.31. The monoisotopic (exact) mass is 250 g/mol. The molecular weight excluding hydrogens is 232 g/mol. The lowest BCUT2D eigenvalue weighted by molar-refractivity contribution is 0.517. The molecule has 5 heteroatoms. The van der Waals surface area contributed by atoms with Gasteiger partial charge in [-0.3, -0.25) is 0 Å². The Morgan fingerprint density at radius 3 is 2.88 bits per heavy atom. The molecule has 1 atom stereocenters. The highest BCUT2D eigenvalue weighted by Gasteiger charge is 2.10. The zero-order valence-electron chi connectivity index (χ0n) is 10.4. The summed E-state index contributed by atoms with van der Waals surface area (Å²) in [6, 6.07) is 0.731. The second-order valence-electron chi connectivity index (χ2n) is 4.36. The van der Waals surface area contributed by atoms with Crippen molar-refractivity contribution in [2.45, 2.75) is 39.4 Å². The first-order chi connectivity index (χ1) is 8.18. The topological polar surface area (TPSA) is 42.7 Å². The zero-order valence-corrected chi connectivity index (χ0v) is 11.2. The Morgan fingerprint density at radius 1 is 1.41 bits per heavy atom. The van der Waals surface area contributed by atoms with Crippen LogP contribution in [0.5, 0.6) is 0 Å². The molecule has 0 bridgehead atoms. The van der Waals surface area contributed by atoms with Crippen LogP contribution in [0.1, 0.15) is 43.6 Å². The molecule has 0 aromatic carbocycles. The van der Waals surface area contributed by atoms with Crippen LogP contribution in [0.15, 0.2) is 24.1 Å². The van der Waals surface area contributed by atoms with Crippen molar-refractivity contribution in [1.29, 1.82) is 0 Å². The lowest BCUT2D eigenvalue weighted by atomic mass is 10.3. The Balaban J connectivity index is 1.96. The summed E-state index contributed by atoms with van der Waals surface area (Å²) in [7, 11) is 0. The van der Waals surface area contributed by atoms with Gasteiger partial charge >= 0.3 is 0 Å². The van der Waals surface area contributed by atoms with Crippen LogP contribution in [0.2, 0.25) is 0 Å². The first kappa shape index (κ1) is 12.3. The van der Waals surface area contributed by atoms with Crippen molar-refractivity contribution < 1.29 is 0 Å². The highest BCUT2D eigenvalue weighted by atomic mass is 32.1. The molecule has 17 heavy (non-hydrogen) atoms. The first-order valence-corrected chi connectivity index (χ1v) is 6.70. The van der Waals surface area contributed by atoms with Crippen LogP contribution >= 0.6 is 11.3 Å². The van der Waals surface area contributed by atoms with Gasteiger partial charge in [-0.25, -0.2) is 9.97 Å². The summed E-state index contributed by atoms with van der Waals surface area (Å²) in [6.45, 7) is 7.28. The molecule has 4 nitrogen and oxygen atoms in total. The minimum absolute atomic E-state index is 0.283. The third-order valence-electron chi connectivity index (χ3n) is 2.71. The molecule has 2 heterocycles. The molecule has 0 amide bonds. The molecule has 2 aromatic rings. The van der Waals surface area contributed by atoms with E-state index in [0.717, 1.165) is 11.6 Å². The van der Waals surface area contributed by atoms with Gasteiger partial charge in [0.1, 0.15) is 5.01 Å². The number of thiazole rings is 1. The van der Waals surface area contributed by atoms with E-state index in [-0.39, 0.29) is 6.04 Å². The molecule has 92 valence electrons. The molecule has 0 spiro atoms. The van der Waals surface area contributed by atoms with E-state index in [1.807, 2.05) is 24.1 Å². The van der Waals surface area contributed by atoms with Gasteiger partial charge in [0.2, 0.25) is 0 Å². The van der Waals surface area contributed by atoms with E-state index in [4.69, 9.17) is 0 Å². The fourth-order valence-corrected chi connectivity index (χ4v) is 2.40. The molecule has 0 saturated carbocycles. The number of hydrogen-bond acceptors (Lipinski definition) is 4. The molecule has 0 aliphatic carbocycles. The van der Waals surface area contributed by atoms with Gasteiger partial charge in [0.25, 0.3) is 0 Å². The summed E-state index contributed by atoms with van der Waals surface area (Å²) in [5.41, 5.74) is 1.21. The van der Waals surface area contributed by atoms with Gasteiger partial charge in [0, 0.05) is 30.4 Å². The third kappa shape index (κ3) is 2.92. The molecule has 0 fully saturated rings. The number of nitrogens with zero attached hydrogens (tertiary/aromatic N) is 3. The van der Waals surface area contributed by atoms with E-state index in [1.54, 1.807) is 11.3 Å². The fraction of sp³-hybridized carbons (Fsp3) is 0.500. The molecular formula is C12H18N4S. The fourth-order valence-electron chi connectivity index (χ4n) is 1.73. The van der Waals surface area contributed by atoms with E-state index in [1.165, 1.54) is 5.69 Å². The van der Waals surface area contributed by atoms with Crippen LogP contribution in [-0.2, 0) is 6.54 Å². The van der Waals surface area contributed by atoms with Gasteiger partial charge in [-0.1, -0.05) is 0 Å². The molecule has 0 radical (unpaired) electrons. The lowest BCUT2D eigenvalue weighted by Gasteiger charge is -2.14. The van der Waals surface area contributed by atoms with Crippen molar-refractivity contribution in [2.24, 2.45) is 0 Å². The van der Waals surface area contributed by atoms with Gasteiger partial charge in [0.15, 0.2) is 0 Å². The second-order valence-corrected chi connectivity index (χ2v) is 5.29.